The third kappa shape index (κ3) is 3.08. The summed E-state index contributed by atoms with van der Waals surface area (Å²) in [4.78, 5) is 16.0. The number of anilines is 1. The third-order valence-corrected chi connectivity index (χ3v) is 4.94. The number of fused-ring (bicyclic) bond motifs is 1. The van der Waals surface area contributed by atoms with Gasteiger partial charge >= 0.3 is 0 Å². The molecule has 0 amide bonds. The molecule has 1 atom stereocenters. The highest BCUT2D eigenvalue weighted by molar-refractivity contribution is 7.10. The van der Waals surface area contributed by atoms with E-state index in [0.717, 1.165) is 10.6 Å². The fourth-order valence-electron chi connectivity index (χ4n) is 2.59. The Balaban J connectivity index is 1.98. The van der Waals surface area contributed by atoms with Crippen LogP contribution in [0.5, 0.6) is 0 Å². The molecule has 3 rings (SSSR count). The second kappa shape index (κ2) is 6.18. The second-order valence-electron chi connectivity index (χ2n) is 5.85. The molecule has 2 aromatic heterocycles. The number of non-ortho nitro benzene ring substituents is 1. The van der Waals surface area contributed by atoms with Crippen molar-refractivity contribution in [3.05, 3.63) is 62.5 Å². The molecule has 1 unspecified atom stereocenters. The predicted molar refractivity (Wildman–Crippen MR) is 95.5 cm³/mol. The van der Waals surface area contributed by atoms with Gasteiger partial charge in [0.05, 0.1) is 4.92 Å². The molecule has 0 saturated heterocycles. The van der Waals surface area contributed by atoms with Crippen LogP contribution in [0.1, 0.15) is 17.5 Å². The molecule has 0 aliphatic heterocycles. The maximum atomic E-state index is 11.2. The third-order valence-electron chi connectivity index (χ3n) is 3.82. The molecule has 0 aliphatic rings. The van der Waals surface area contributed by atoms with Crippen LogP contribution in [-0.2, 0) is 5.60 Å². The second-order valence-corrected chi connectivity index (χ2v) is 6.79. The highest BCUT2D eigenvalue weighted by Gasteiger charge is 2.24. The minimum Gasteiger partial charge on any atom is -0.383 e. The molecule has 124 valence electrons. The van der Waals surface area contributed by atoms with E-state index < -0.39 is 10.5 Å². The minimum atomic E-state index is -1.03. The molecule has 0 spiro atoms. The first-order chi connectivity index (χ1) is 11.4. The topological polar surface area (TPSA) is 88.3 Å². The predicted octanol–water partition coefficient (Wildman–Crippen LogP) is 3.83. The van der Waals surface area contributed by atoms with Gasteiger partial charge in [-0.2, -0.15) is 0 Å². The van der Waals surface area contributed by atoms with E-state index in [-0.39, 0.29) is 12.2 Å². The quantitative estimate of drug-likeness (QED) is 0.543. The van der Waals surface area contributed by atoms with Gasteiger partial charge in [-0.1, -0.05) is 18.2 Å². The molecule has 7 heteroatoms. The van der Waals surface area contributed by atoms with Crippen molar-refractivity contribution in [1.82, 2.24) is 4.98 Å². The van der Waals surface area contributed by atoms with Crippen molar-refractivity contribution in [1.29, 1.82) is 0 Å². The lowest BCUT2D eigenvalue weighted by Crippen LogP contribution is -2.29. The first-order valence-corrected chi connectivity index (χ1v) is 8.31. The van der Waals surface area contributed by atoms with Gasteiger partial charge in [0, 0.05) is 34.3 Å². The van der Waals surface area contributed by atoms with Gasteiger partial charge in [-0.05, 0) is 31.4 Å². The van der Waals surface area contributed by atoms with Crippen molar-refractivity contribution in [3.63, 3.8) is 0 Å². The van der Waals surface area contributed by atoms with Crippen LogP contribution in [-0.4, -0.2) is 21.6 Å². The number of para-hydroxylation sites is 1. The zero-order valence-electron chi connectivity index (χ0n) is 13.3. The molecule has 3 aromatic rings. The van der Waals surface area contributed by atoms with Crippen molar-refractivity contribution in [2.24, 2.45) is 0 Å². The summed E-state index contributed by atoms with van der Waals surface area (Å²) < 4.78 is 0. The number of nitrogens with one attached hydrogen (secondary N) is 1. The number of hydrogen-bond acceptors (Lipinski definition) is 6. The van der Waals surface area contributed by atoms with Crippen LogP contribution in [0, 0.1) is 17.0 Å². The highest BCUT2D eigenvalue weighted by Crippen LogP contribution is 2.31. The zero-order valence-corrected chi connectivity index (χ0v) is 14.1. The SMILES string of the molecule is Cc1cc(NCC(C)(O)c2cccs2)c2cccc([N+](=O)[O-])c2n1. The summed E-state index contributed by atoms with van der Waals surface area (Å²) in [5.41, 5.74) is 0.691. The molecule has 0 aliphatic carbocycles. The van der Waals surface area contributed by atoms with Gasteiger partial charge in [0.15, 0.2) is 5.52 Å². The number of pyridine rings is 1. The van der Waals surface area contributed by atoms with Crippen molar-refractivity contribution >= 4 is 33.6 Å². The molecule has 2 N–H and O–H groups in total. The van der Waals surface area contributed by atoms with Gasteiger partial charge in [-0.25, -0.2) is 4.98 Å². The van der Waals surface area contributed by atoms with Crippen LogP contribution in [0.25, 0.3) is 10.9 Å². The highest BCUT2D eigenvalue weighted by atomic mass is 32.1. The summed E-state index contributed by atoms with van der Waals surface area (Å²) in [6.07, 6.45) is 0. The van der Waals surface area contributed by atoms with Crippen LogP contribution in [0.4, 0.5) is 11.4 Å². The Morgan fingerprint density at radius 3 is 2.83 bits per heavy atom. The van der Waals surface area contributed by atoms with Crippen LogP contribution in [0.15, 0.2) is 41.8 Å². The molecule has 1 aromatic carbocycles. The summed E-state index contributed by atoms with van der Waals surface area (Å²) in [5.74, 6) is 0. The van der Waals surface area contributed by atoms with Crippen molar-refractivity contribution < 1.29 is 10.0 Å². The van der Waals surface area contributed by atoms with E-state index in [4.69, 9.17) is 0 Å². The largest absolute Gasteiger partial charge is 0.383 e. The Morgan fingerprint density at radius 1 is 1.38 bits per heavy atom. The Labute approximate surface area is 142 Å². The van der Waals surface area contributed by atoms with E-state index in [9.17, 15) is 15.2 Å². The molecular weight excluding hydrogens is 326 g/mol. The van der Waals surface area contributed by atoms with Crippen molar-refractivity contribution in [3.8, 4) is 0 Å². The van der Waals surface area contributed by atoms with E-state index in [1.165, 1.54) is 17.4 Å². The minimum absolute atomic E-state index is 0.0238. The van der Waals surface area contributed by atoms with Gasteiger partial charge in [0.2, 0.25) is 0 Å². The summed E-state index contributed by atoms with van der Waals surface area (Å²) in [6.45, 7) is 3.82. The molecule has 0 radical (unpaired) electrons. The van der Waals surface area contributed by atoms with E-state index in [1.54, 1.807) is 26.0 Å². The van der Waals surface area contributed by atoms with Gasteiger partial charge in [-0.15, -0.1) is 11.3 Å². The average Bonchev–Trinajstić information content (AvgIpc) is 3.07. The Morgan fingerprint density at radius 2 is 2.17 bits per heavy atom. The Hall–Kier alpha value is -2.51. The number of aliphatic hydroxyl groups is 1. The maximum absolute atomic E-state index is 11.2. The fourth-order valence-corrected chi connectivity index (χ4v) is 3.38. The first kappa shape index (κ1) is 16.4. The molecule has 0 saturated carbocycles. The zero-order chi connectivity index (χ0) is 17.3. The van der Waals surface area contributed by atoms with Gasteiger partial charge in [0.1, 0.15) is 5.60 Å². The van der Waals surface area contributed by atoms with E-state index in [0.29, 0.717) is 16.6 Å². The number of aromatic nitrogens is 1. The average molecular weight is 343 g/mol. The van der Waals surface area contributed by atoms with Crippen LogP contribution >= 0.6 is 11.3 Å². The van der Waals surface area contributed by atoms with Crippen molar-refractivity contribution in [2.45, 2.75) is 19.4 Å². The molecule has 6 nitrogen and oxygen atoms in total. The normalized spacial score (nSPS) is 13.6. The first-order valence-electron chi connectivity index (χ1n) is 7.43. The lowest BCUT2D eigenvalue weighted by molar-refractivity contribution is -0.383. The van der Waals surface area contributed by atoms with Gasteiger partial charge in [0.25, 0.3) is 5.69 Å². The Bertz CT molecular complexity index is 891. The fraction of sp³-hybridized carbons (Fsp3) is 0.235. The summed E-state index contributed by atoms with van der Waals surface area (Å²) in [7, 11) is 0. The molecule has 24 heavy (non-hydrogen) atoms. The molecule has 2 heterocycles. The van der Waals surface area contributed by atoms with Crippen LogP contribution in [0.2, 0.25) is 0 Å². The van der Waals surface area contributed by atoms with Crippen LogP contribution < -0.4 is 5.32 Å². The summed E-state index contributed by atoms with van der Waals surface area (Å²) >= 11 is 1.49. The smallest absolute Gasteiger partial charge is 0.295 e. The van der Waals surface area contributed by atoms with Crippen molar-refractivity contribution in [2.75, 3.05) is 11.9 Å². The molecule has 0 bridgehead atoms. The Kier molecular flexibility index (Phi) is 4.21. The standard InChI is InChI=1S/C17H17N3O3S/c1-11-9-13(18-10-17(2,21)15-7-4-8-24-15)12-5-3-6-14(20(22)23)16(12)19-11/h3-9,21H,10H2,1-2H3,(H,18,19). The lowest BCUT2D eigenvalue weighted by atomic mass is 10.0. The maximum Gasteiger partial charge on any atom is 0.295 e. The number of thiophene rings is 1. The summed E-state index contributed by atoms with van der Waals surface area (Å²) in [6, 6.07) is 10.5. The van der Waals surface area contributed by atoms with Gasteiger partial charge in [-0.3, -0.25) is 10.1 Å². The molecule has 0 fully saturated rings. The molecular formula is C17H17N3O3S. The number of benzene rings is 1. The number of nitro benzene ring substituents is 1. The van der Waals surface area contributed by atoms with Crippen LogP contribution in [0.3, 0.4) is 0 Å². The number of hydrogen-bond donors (Lipinski definition) is 2. The number of nitro groups is 1. The number of aryl methyl sites for hydroxylation is 1. The monoisotopic (exact) mass is 343 g/mol. The van der Waals surface area contributed by atoms with E-state index in [2.05, 4.69) is 10.3 Å². The summed E-state index contributed by atoms with van der Waals surface area (Å²) in [5, 5.41) is 27.7. The van der Waals surface area contributed by atoms with Gasteiger partial charge < -0.3 is 10.4 Å². The van der Waals surface area contributed by atoms with E-state index >= 15 is 0 Å². The number of rotatable bonds is 5. The number of nitrogens with zero attached hydrogens (tertiary/aromatic N) is 2. The lowest BCUT2D eigenvalue weighted by Gasteiger charge is -2.23. The van der Waals surface area contributed by atoms with E-state index in [1.807, 2.05) is 23.6 Å².